The number of halogens is 1. The second-order valence-corrected chi connectivity index (χ2v) is 8.12. The van der Waals surface area contributed by atoms with Crippen LogP contribution in [0.2, 0.25) is 0 Å². The molecule has 1 fully saturated rings. The summed E-state index contributed by atoms with van der Waals surface area (Å²) >= 11 is 2.37. The smallest absolute Gasteiger partial charge is 0.0362 e. The second kappa shape index (κ2) is 7.42. The quantitative estimate of drug-likeness (QED) is 0.754. The van der Waals surface area contributed by atoms with E-state index in [1.807, 2.05) is 0 Å². The molecule has 21 heavy (non-hydrogen) atoms. The zero-order chi connectivity index (χ0) is 15.5. The highest BCUT2D eigenvalue weighted by molar-refractivity contribution is 14.1. The molecule has 3 unspecified atom stereocenters. The van der Waals surface area contributed by atoms with Crippen molar-refractivity contribution in [1.29, 1.82) is 0 Å². The molecule has 0 aliphatic heterocycles. The normalized spacial score (nSPS) is 27.8. The minimum absolute atomic E-state index is 0.287. The van der Waals surface area contributed by atoms with Crippen LogP contribution in [-0.2, 0) is 6.42 Å². The summed E-state index contributed by atoms with van der Waals surface area (Å²) in [6, 6.07) is 9.50. The van der Waals surface area contributed by atoms with Crippen LogP contribution in [0.3, 0.4) is 0 Å². The summed E-state index contributed by atoms with van der Waals surface area (Å²) in [5.74, 6) is 0.828. The lowest BCUT2D eigenvalue weighted by atomic mass is 9.70. The highest BCUT2D eigenvalue weighted by Gasteiger charge is 2.42. The maximum Gasteiger partial charge on any atom is 0.0362 e. The van der Waals surface area contributed by atoms with E-state index in [0.717, 1.165) is 12.3 Å². The van der Waals surface area contributed by atoms with Gasteiger partial charge < -0.3 is 10.2 Å². The van der Waals surface area contributed by atoms with Crippen molar-refractivity contribution in [3.8, 4) is 0 Å². The number of rotatable bonds is 5. The maximum absolute atomic E-state index is 3.63. The van der Waals surface area contributed by atoms with Crippen molar-refractivity contribution < 1.29 is 0 Å². The van der Waals surface area contributed by atoms with Crippen LogP contribution in [0.5, 0.6) is 0 Å². The largest absolute Gasteiger partial charge is 0.315 e. The van der Waals surface area contributed by atoms with Crippen molar-refractivity contribution in [2.24, 2.45) is 5.92 Å². The molecule has 118 valence electrons. The van der Waals surface area contributed by atoms with E-state index in [-0.39, 0.29) is 5.54 Å². The van der Waals surface area contributed by atoms with Gasteiger partial charge in [-0.3, -0.25) is 0 Å². The second-order valence-electron chi connectivity index (χ2n) is 6.87. The van der Waals surface area contributed by atoms with Gasteiger partial charge in [0.1, 0.15) is 0 Å². The van der Waals surface area contributed by atoms with E-state index in [4.69, 9.17) is 0 Å². The summed E-state index contributed by atoms with van der Waals surface area (Å²) in [6.45, 7) is 2.41. The van der Waals surface area contributed by atoms with E-state index < -0.39 is 0 Å². The van der Waals surface area contributed by atoms with Crippen molar-refractivity contribution >= 4 is 22.6 Å². The summed E-state index contributed by atoms with van der Waals surface area (Å²) in [6.07, 6.45) is 6.45. The van der Waals surface area contributed by atoms with Gasteiger partial charge in [-0.25, -0.2) is 0 Å². The Bertz CT molecular complexity index is 443. The number of benzene rings is 1. The molecular formula is C18H29IN2. The van der Waals surface area contributed by atoms with Crippen molar-refractivity contribution in [2.45, 2.75) is 50.6 Å². The molecule has 0 heterocycles. The molecule has 1 aromatic rings. The Morgan fingerprint density at radius 1 is 1.33 bits per heavy atom. The van der Waals surface area contributed by atoms with Crippen LogP contribution in [0, 0.1) is 9.49 Å². The highest BCUT2D eigenvalue weighted by Crippen LogP contribution is 2.39. The van der Waals surface area contributed by atoms with Crippen molar-refractivity contribution in [3.05, 3.63) is 33.4 Å². The summed E-state index contributed by atoms with van der Waals surface area (Å²) in [7, 11) is 6.65. The van der Waals surface area contributed by atoms with Crippen LogP contribution in [0.25, 0.3) is 0 Å². The minimum Gasteiger partial charge on any atom is -0.315 e. The average molecular weight is 400 g/mol. The first-order valence-electron chi connectivity index (χ1n) is 8.07. The van der Waals surface area contributed by atoms with E-state index in [0.29, 0.717) is 6.04 Å². The van der Waals surface area contributed by atoms with E-state index in [1.165, 1.54) is 34.8 Å². The minimum atomic E-state index is 0.287. The Labute approximate surface area is 143 Å². The molecule has 0 bridgehead atoms. The summed E-state index contributed by atoms with van der Waals surface area (Å²) in [5.41, 5.74) is 1.73. The zero-order valence-electron chi connectivity index (χ0n) is 13.8. The molecule has 1 aromatic carbocycles. The molecule has 1 aliphatic rings. The molecule has 3 atom stereocenters. The number of nitrogens with one attached hydrogen (secondary N) is 1. The molecule has 0 saturated heterocycles. The predicted octanol–water partition coefficient (Wildman–Crippen LogP) is 3.93. The highest BCUT2D eigenvalue weighted by atomic mass is 127. The van der Waals surface area contributed by atoms with Gasteiger partial charge in [0.2, 0.25) is 0 Å². The fourth-order valence-electron chi connectivity index (χ4n) is 4.02. The lowest BCUT2D eigenvalue weighted by molar-refractivity contribution is 0.0399. The number of nitrogens with zero attached hydrogens (tertiary/aromatic N) is 1. The Kier molecular flexibility index (Phi) is 6.09. The molecule has 2 nitrogen and oxygen atoms in total. The molecule has 0 aromatic heterocycles. The molecule has 2 rings (SSSR count). The van der Waals surface area contributed by atoms with Gasteiger partial charge in [-0.1, -0.05) is 31.9 Å². The predicted molar refractivity (Wildman–Crippen MR) is 99.8 cm³/mol. The summed E-state index contributed by atoms with van der Waals surface area (Å²) in [4.78, 5) is 2.48. The average Bonchev–Trinajstić information content (AvgIpc) is 2.46. The van der Waals surface area contributed by atoms with E-state index >= 15 is 0 Å². The Morgan fingerprint density at radius 3 is 2.52 bits per heavy atom. The molecule has 0 spiro atoms. The molecule has 3 heteroatoms. The zero-order valence-corrected chi connectivity index (χ0v) is 16.0. The van der Waals surface area contributed by atoms with Gasteiger partial charge >= 0.3 is 0 Å². The molecule has 1 N–H and O–H groups in total. The van der Waals surface area contributed by atoms with Crippen LogP contribution in [0.15, 0.2) is 24.3 Å². The van der Waals surface area contributed by atoms with Gasteiger partial charge in [-0.05, 0) is 86.6 Å². The monoisotopic (exact) mass is 400 g/mol. The van der Waals surface area contributed by atoms with Gasteiger partial charge in [0, 0.05) is 15.2 Å². The fraction of sp³-hybridized carbons (Fsp3) is 0.667. The maximum atomic E-state index is 3.63. The Morgan fingerprint density at radius 2 is 2.00 bits per heavy atom. The first-order valence-corrected chi connectivity index (χ1v) is 9.15. The lowest BCUT2D eigenvalue weighted by Crippen LogP contribution is -2.61. The third-order valence-electron chi connectivity index (χ3n) is 5.25. The van der Waals surface area contributed by atoms with Gasteiger partial charge in [0.25, 0.3) is 0 Å². The van der Waals surface area contributed by atoms with Crippen LogP contribution >= 0.6 is 22.6 Å². The van der Waals surface area contributed by atoms with Crippen molar-refractivity contribution in [1.82, 2.24) is 10.2 Å². The van der Waals surface area contributed by atoms with Gasteiger partial charge in [-0.2, -0.15) is 0 Å². The lowest BCUT2D eigenvalue weighted by Gasteiger charge is -2.50. The van der Waals surface area contributed by atoms with Crippen LogP contribution in [-0.4, -0.2) is 37.6 Å². The third-order valence-corrected chi connectivity index (χ3v) is 5.97. The molecule has 1 aliphatic carbocycles. The van der Waals surface area contributed by atoms with Crippen molar-refractivity contribution in [3.63, 3.8) is 0 Å². The van der Waals surface area contributed by atoms with Gasteiger partial charge in [0.15, 0.2) is 0 Å². The topological polar surface area (TPSA) is 15.3 Å². The summed E-state index contributed by atoms with van der Waals surface area (Å²) in [5, 5.41) is 3.63. The molecular weight excluding hydrogens is 371 g/mol. The van der Waals surface area contributed by atoms with Crippen molar-refractivity contribution in [2.75, 3.05) is 21.1 Å². The summed E-state index contributed by atoms with van der Waals surface area (Å²) < 4.78 is 1.31. The number of hydrogen-bond acceptors (Lipinski definition) is 2. The molecule has 0 amide bonds. The van der Waals surface area contributed by atoms with Gasteiger partial charge in [-0.15, -0.1) is 0 Å². The molecule has 0 radical (unpaired) electrons. The van der Waals surface area contributed by atoms with E-state index in [9.17, 15) is 0 Å². The van der Waals surface area contributed by atoms with E-state index in [1.54, 1.807) is 0 Å². The third kappa shape index (κ3) is 3.99. The Balaban J connectivity index is 2.21. The van der Waals surface area contributed by atoms with E-state index in [2.05, 4.69) is 85.1 Å². The van der Waals surface area contributed by atoms with Crippen LogP contribution in [0.1, 0.15) is 38.2 Å². The number of hydrogen-bond donors (Lipinski definition) is 1. The van der Waals surface area contributed by atoms with Crippen LogP contribution in [0.4, 0.5) is 0 Å². The van der Waals surface area contributed by atoms with Crippen LogP contribution < -0.4 is 5.32 Å². The fourth-order valence-corrected chi connectivity index (χ4v) is 4.38. The Hall–Kier alpha value is -0.130. The first-order chi connectivity index (χ1) is 9.98. The standard InChI is InChI=1S/C18H29IN2/c1-14-6-5-11-18(13-14,21(3)4)17(20-2)12-15-7-9-16(19)10-8-15/h7-10,14,17,20H,5-6,11-13H2,1-4H3. The molecule has 1 saturated carbocycles. The SMILES string of the molecule is CNC(Cc1ccc(I)cc1)C1(N(C)C)CCCC(C)C1. The van der Waals surface area contributed by atoms with Gasteiger partial charge in [0.05, 0.1) is 0 Å². The first kappa shape index (κ1) is 17.2. The number of likely N-dealkylation sites (N-methyl/N-ethyl adjacent to an activating group) is 2.